The Bertz CT molecular complexity index is 1070. The molecule has 0 heterocycles. The maximum Gasteiger partial charge on any atom is 0.340 e. The Labute approximate surface area is 202 Å². The molecule has 1 saturated carbocycles. The average molecular weight is 491 g/mol. The predicted octanol–water partition coefficient (Wildman–Crippen LogP) is 4.29. The highest BCUT2D eigenvalue weighted by Crippen LogP contribution is 2.35. The third-order valence-electron chi connectivity index (χ3n) is 5.50. The molecule has 0 spiro atoms. The fourth-order valence-corrected chi connectivity index (χ4v) is 3.92. The molecule has 34 heavy (non-hydrogen) atoms. The van der Waals surface area contributed by atoms with E-state index < -0.39 is 18.5 Å². The Kier molecular flexibility index (Phi) is 8.59. The van der Waals surface area contributed by atoms with Gasteiger partial charge in [0.25, 0.3) is 5.91 Å². The van der Waals surface area contributed by atoms with Crippen molar-refractivity contribution in [3.8, 4) is 17.2 Å². The van der Waals surface area contributed by atoms with Gasteiger partial charge < -0.3 is 29.6 Å². The third kappa shape index (κ3) is 6.11. The highest BCUT2D eigenvalue weighted by molar-refractivity contribution is 6.31. The molecule has 1 aliphatic rings. The van der Waals surface area contributed by atoms with Crippen molar-refractivity contribution >= 4 is 40.8 Å². The maximum atomic E-state index is 12.9. The second-order valence-corrected chi connectivity index (χ2v) is 8.13. The van der Waals surface area contributed by atoms with E-state index >= 15 is 0 Å². The SMILES string of the molecule is COc1ccc(Cl)cc1NC(=O)COC(=O)c1cc(OC)c(OC)cc1NC(=O)C1CCCC1. The van der Waals surface area contributed by atoms with Crippen molar-refractivity contribution in [3.63, 3.8) is 0 Å². The number of carbonyl (C=O) groups excluding carboxylic acids is 3. The molecule has 0 radical (unpaired) electrons. The molecule has 1 fully saturated rings. The van der Waals surface area contributed by atoms with Crippen LogP contribution >= 0.6 is 11.6 Å². The number of ether oxygens (including phenoxy) is 4. The van der Waals surface area contributed by atoms with Crippen LogP contribution in [-0.4, -0.2) is 45.7 Å². The zero-order valence-corrected chi connectivity index (χ0v) is 20.0. The van der Waals surface area contributed by atoms with E-state index in [9.17, 15) is 14.4 Å². The van der Waals surface area contributed by atoms with Gasteiger partial charge in [0.05, 0.1) is 38.3 Å². The van der Waals surface area contributed by atoms with Crippen molar-refractivity contribution in [1.82, 2.24) is 0 Å². The highest BCUT2D eigenvalue weighted by atomic mass is 35.5. The summed E-state index contributed by atoms with van der Waals surface area (Å²) in [5, 5.41) is 5.80. The molecule has 0 aromatic heterocycles. The van der Waals surface area contributed by atoms with Gasteiger partial charge in [0.2, 0.25) is 5.91 Å². The number of benzene rings is 2. The summed E-state index contributed by atoms with van der Waals surface area (Å²) in [6, 6.07) is 7.65. The van der Waals surface area contributed by atoms with Crippen LogP contribution in [0.25, 0.3) is 0 Å². The van der Waals surface area contributed by atoms with Gasteiger partial charge in [0.15, 0.2) is 18.1 Å². The van der Waals surface area contributed by atoms with Gasteiger partial charge >= 0.3 is 5.97 Å². The summed E-state index contributed by atoms with van der Waals surface area (Å²) >= 11 is 5.98. The molecule has 0 atom stereocenters. The minimum atomic E-state index is -0.809. The van der Waals surface area contributed by atoms with Crippen LogP contribution in [0.4, 0.5) is 11.4 Å². The lowest BCUT2D eigenvalue weighted by atomic mass is 10.1. The molecule has 2 aromatic carbocycles. The molecule has 182 valence electrons. The first kappa shape index (κ1) is 25.2. The monoisotopic (exact) mass is 490 g/mol. The van der Waals surface area contributed by atoms with Crippen LogP contribution in [0.1, 0.15) is 36.0 Å². The van der Waals surface area contributed by atoms with Crippen LogP contribution in [0, 0.1) is 5.92 Å². The minimum absolute atomic E-state index is 0.0390. The lowest BCUT2D eigenvalue weighted by Gasteiger charge is -2.17. The van der Waals surface area contributed by atoms with Crippen molar-refractivity contribution in [3.05, 3.63) is 40.9 Å². The van der Waals surface area contributed by atoms with Crippen molar-refractivity contribution in [2.75, 3.05) is 38.6 Å². The minimum Gasteiger partial charge on any atom is -0.495 e. The molecule has 1 aliphatic carbocycles. The summed E-state index contributed by atoms with van der Waals surface area (Å²) in [6.45, 7) is -0.571. The highest BCUT2D eigenvalue weighted by Gasteiger charge is 2.26. The van der Waals surface area contributed by atoms with Crippen LogP contribution in [0.15, 0.2) is 30.3 Å². The molecule has 0 unspecified atom stereocenters. The van der Waals surface area contributed by atoms with E-state index in [4.69, 9.17) is 30.5 Å². The molecular weight excluding hydrogens is 464 g/mol. The lowest BCUT2D eigenvalue weighted by Crippen LogP contribution is -2.24. The van der Waals surface area contributed by atoms with Crippen LogP contribution < -0.4 is 24.8 Å². The third-order valence-corrected chi connectivity index (χ3v) is 5.73. The van der Waals surface area contributed by atoms with Crippen molar-refractivity contribution in [1.29, 1.82) is 0 Å². The van der Waals surface area contributed by atoms with Gasteiger partial charge in [0.1, 0.15) is 5.75 Å². The standard InChI is InChI=1S/C24H27ClN2O7/c1-31-19-9-8-15(25)10-18(19)26-22(28)13-34-24(30)16-11-20(32-2)21(33-3)12-17(16)27-23(29)14-6-4-5-7-14/h8-12,14H,4-7,13H2,1-3H3,(H,26,28)(H,27,29). The van der Waals surface area contributed by atoms with Gasteiger partial charge in [-0.25, -0.2) is 4.79 Å². The van der Waals surface area contributed by atoms with E-state index in [2.05, 4.69) is 10.6 Å². The second kappa shape index (κ2) is 11.6. The van der Waals surface area contributed by atoms with Crippen molar-refractivity contribution in [2.24, 2.45) is 5.92 Å². The molecule has 3 rings (SSSR count). The Balaban J connectivity index is 1.75. The first-order valence-electron chi connectivity index (χ1n) is 10.7. The Morgan fingerprint density at radius 1 is 0.882 bits per heavy atom. The molecule has 2 aromatic rings. The fraction of sp³-hybridized carbons (Fsp3) is 0.375. The number of halogens is 1. The van der Waals surface area contributed by atoms with Gasteiger partial charge in [-0.15, -0.1) is 0 Å². The van der Waals surface area contributed by atoms with Crippen LogP contribution in [0.5, 0.6) is 17.2 Å². The molecular formula is C24H27ClN2O7. The summed E-state index contributed by atoms with van der Waals surface area (Å²) < 4.78 is 21.0. The fourth-order valence-electron chi connectivity index (χ4n) is 3.75. The van der Waals surface area contributed by atoms with Gasteiger partial charge in [-0.05, 0) is 31.0 Å². The van der Waals surface area contributed by atoms with E-state index in [1.165, 1.54) is 39.5 Å². The van der Waals surface area contributed by atoms with E-state index in [1.54, 1.807) is 12.1 Å². The molecule has 9 nitrogen and oxygen atoms in total. The number of esters is 1. The van der Waals surface area contributed by atoms with E-state index in [1.807, 2.05) is 0 Å². The molecule has 0 saturated heterocycles. The van der Waals surface area contributed by atoms with Crippen molar-refractivity contribution in [2.45, 2.75) is 25.7 Å². The number of methoxy groups -OCH3 is 3. The summed E-state index contributed by atoms with van der Waals surface area (Å²) in [4.78, 5) is 37.9. The zero-order chi connectivity index (χ0) is 24.7. The predicted molar refractivity (Wildman–Crippen MR) is 127 cm³/mol. The number of amides is 2. The lowest BCUT2D eigenvalue weighted by molar-refractivity contribution is -0.120. The summed E-state index contributed by atoms with van der Waals surface area (Å²) in [7, 11) is 4.33. The number of nitrogens with one attached hydrogen (secondary N) is 2. The first-order valence-corrected chi connectivity index (χ1v) is 11.1. The number of carbonyl (C=O) groups is 3. The van der Waals surface area contributed by atoms with Gasteiger partial charge in [-0.1, -0.05) is 24.4 Å². The number of rotatable bonds is 9. The summed E-state index contributed by atoms with van der Waals surface area (Å²) in [6.07, 6.45) is 3.58. The smallest absolute Gasteiger partial charge is 0.340 e. The van der Waals surface area contributed by atoms with E-state index in [0.717, 1.165) is 25.7 Å². The van der Waals surface area contributed by atoms with Gasteiger partial charge in [-0.3, -0.25) is 9.59 Å². The molecule has 0 aliphatic heterocycles. The Hall–Kier alpha value is -3.46. The Morgan fingerprint density at radius 3 is 2.18 bits per heavy atom. The van der Waals surface area contributed by atoms with E-state index in [0.29, 0.717) is 22.2 Å². The van der Waals surface area contributed by atoms with E-state index in [-0.39, 0.29) is 28.8 Å². The van der Waals surface area contributed by atoms with Crippen LogP contribution in [0.2, 0.25) is 5.02 Å². The Morgan fingerprint density at radius 2 is 1.53 bits per heavy atom. The van der Waals surface area contributed by atoms with Crippen LogP contribution in [-0.2, 0) is 14.3 Å². The molecule has 10 heteroatoms. The van der Waals surface area contributed by atoms with Gasteiger partial charge in [-0.2, -0.15) is 0 Å². The maximum absolute atomic E-state index is 12.9. The summed E-state index contributed by atoms with van der Waals surface area (Å²) in [5.41, 5.74) is 0.597. The number of anilines is 2. The topological polar surface area (TPSA) is 112 Å². The normalized spacial score (nSPS) is 13.2. The molecule has 0 bridgehead atoms. The zero-order valence-electron chi connectivity index (χ0n) is 19.2. The molecule has 2 amide bonds. The second-order valence-electron chi connectivity index (χ2n) is 7.69. The number of hydrogen-bond acceptors (Lipinski definition) is 7. The largest absolute Gasteiger partial charge is 0.495 e. The average Bonchev–Trinajstić information content (AvgIpc) is 3.37. The van der Waals surface area contributed by atoms with Crippen LogP contribution in [0.3, 0.4) is 0 Å². The first-order chi connectivity index (χ1) is 16.4. The summed E-state index contributed by atoms with van der Waals surface area (Å²) in [5.74, 6) is -0.671. The van der Waals surface area contributed by atoms with Crippen molar-refractivity contribution < 1.29 is 33.3 Å². The van der Waals surface area contributed by atoms with Gasteiger partial charge in [0, 0.05) is 23.1 Å². The quantitative estimate of drug-likeness (QED) is 0.504. The number of hydrogen-bond donors (Lipinski definition) is 2. The molecule has 2 N–H and O–H groups in total.